The first kappa shape index (κ1) is 14.9. The second kappa shape index (κ2) is 6.72. The molecule has 3 nitrogen and oxygen atoms in total. The molecule has 0 aromatic heterocycles. The van der Waals surface area contributed by atoms with Gasteiger partial charge in [-0.25, -0.2) is 0 Å². The van der Waals surface area contributed by atoms with Crippen LogP contribution in [0.15, 0.2) is 0 Å². The zero-order valence-corrected chi connectivity index (χ0v) is 11.7. The van der Waals surface area contributed by atoms with Crippen LogP contribution in [0.2, 0.25) is 0 Å². The first-order chi connectivity index (χ1) is 8.00. The second-order valence-electron chi connectivity index (χ2n) is 6.39. The first-order valence-corrected chi connectivity index (χ1v) is 6.96. The lowest BCUT2D eigenvalue weighted by Gasteiger charge is -2.37. The summed E-state index contributed by atoms with van der Waals surface area (Å²) < 4.78 is 0. The summed E-state index contributed by atoms with van der Waals surface area (Å²) in [4.78, 5) is 2.49. The summed E-state index contributed by atoms with van der Waals surface area (Å²) in [5.41, 5.74) is -0.364. The standard InChI is InChI=1S/C14H29NO2/c1-12(2)8-15(13-6-4-5-7-13)9-14(3,10-16)11-17/h12-13,16-17H,4-11H2,1-3H3. The highest BCUT2D eigenvalue weighted by molar-refractivity contribution is 4.84. The number of hydrogen-bond acceptors (Lipinski definition) is 3. The molecule has 0 atom stereocenters. The molecule has 0 aliphatic heterocycles. The summed E-state index contributed by atoms with van der Waals surface area (Å²) in [7, 11) is 0. The van der Waals surface area contributed by atoms with Gasteiger partial charge >= 0.3 is 0 Å². The van der Waals surface area contributed by atoms with Crippen molar-refractivity contribution in [2.75, 3.05) is 26.3 Å². The van der Waals surface area contributed by atoms with Crippen LogP contribution < -0.4 is 0 Å². The third-order valence-electron chi connectivity index (χ3n) is 3.79. The Hall–Kier alpha value is -0.120. The van der Waals surface area contributed by atoms with Gasteiger partial charge in [-0.15, -0.1) is 0 Å². The van der Waals surface area contributed by atoms with Crippen molar-refractivity contribution in [3.63, 3.8) is 0 Å². The fourth-order valence-corrected chi connectivity index (χ4v) is 2.72. The van der Waals surface area contributed by atoms with E-state index in [9.17, 15) is 10.2 Å². The van der Waals surface area contributed by atoms with E-state index in [1.54, 1.807) is 0 Å². The van der Waals surface area contributed by atoms with E-state index in [0.717, 1.165) is 13.1 Å². The summed E-state index contributed by atoms with van der Waals surface area (Å²) >= 11 is 0. The Labute approximate surface area is 106 Å². The van der Waals surface area contributed by atoms with Crippen LogP contribution in [0.1, 0.15) is 46.5 Å². The van der Waals surface area contributed by atoms with E-state index in [2.05, 4.69) is 18.7 Å². The van der Waals surface area contributed by atoms with Crippen LogP contribution in [-0.2, 0) is 0 Å². The number of aliphatic hydroxyl groups excluding tert-OH is 2. The maximum Gasteiger partial charge on any atom is 0.0519 e. The van der Waals surface area contributed by atoms with Crippen LogP contribution in [0.5, 0.6) is 0 Å². The molecular weight excluding hydrogens is 214 g/mol. The number of aliphatic hydroxyl groups is 2. The highest BCUT2D eigenvalue weighted by atomic mass is 16.3. The van der Waals surface area contributed by atoms with E-state index in [1.807, 2.05) is 6.92 Å². The molecule has 0 aromatic rings. The Morgan fingerprint density at radius 3 is 2.12 bits per heavy atom. The third-order valence-corrected chi connectivity index (χ3v) is 3.79. The normalized spacial score (nSPS) is 18.5. The van der Waals surface area contributed by atoms with Gasteiger partial charge < -0.3 is 10.2 Å². The van der Waals surface area contributed by atoms with Crippen LogP contribution in [0.25, 0.3) is 0 Å². The number of nitrogens with zero attached hydrogens (tertiary/aromatic N) is 1. The summed E-state index contributed by atoms with van der Waals surface area (Å²) in [5.74, 6) is 0.636. The highest BCUT2D eigenvalue weighted by Crippen LogP contribution is 2.27. The fourth-order valence-electron chi connectivity index (χ4n) is 2.72. The van der Waals surface area contributed by atoms with Crippen LogP contribution in [0.4, 0.5) is 0 Å². The van der Waals surface area contributed by atoms with Gasteiger partial charge in [0.05, 0.1) is 13.2 Å². The summed E-state index contributed by atoms with van der Waals surface area (Å²) in [6, 6.07) is 0.662. The van der Waals surface area contributed by atoms with Gasteiger partial charge in [0.1, 0.15) is 0 Å². The van der Waals surface area contributed by atoms with E-state index >= 15 is 0 Å². The quantitative estimate of drug-likeness (QED) is 0.717. The number of rotatable bonds is 7. The molecule has 102 valence electrons. The highest BCUT2D eigenvalue weighted by Gasteiger charge is 2.31. The van der Waals surface area contributed by atoms with E-state index in [4.69, 9.17) is 0 Å². The van der Waals surface area contributed by atoms with Crippen molar-refractivity contribution in [3.8, 4) is 0 Å². The first-order valence-electron chi connectivity index (χ1n) is 6.96. The molecule has 0 spiro atoms. The lowest BCUT2D eigenvalue weighted by Crippen LogP contribution is -2.46. The third kappa shape index (κ3) is 4.57. The van der Waals surface area contributed by atoms with Gasteiger partial charge in [0.15, 0.2) is 0 Å². The topological polar surface area (TPSA) is 43.7 Å². The monoisotopic (exact) mass is 243 g/mol. The van der Waals surface area contributed by atoms with Crippen molar-refractivity contribution in [2.45, 2.75) is 52.5 Å². The van der Waals surface area contributed by atoms with E-state index < -0.39 is 0 Å². The minimum absolute atomic E-state index is 0.0603. The predicted octanol–water partition coefficient (Wildman–Crippen LogP) is 1.88. The molecule has 2 N–H and O–H groups in total. The van der Waals surface area contributed by atoms with Crippen LogP contribution >= 0.6 is 0 Å². The summed E-state index contributed by atoms with van der Waals surface area (Å²) in [5, 5.41) is 18.8. The van der Waals surface area contributed by atoms with Crippen LogP contribution in [0, 0.1) is 11.3 Å². The van der Waals surface area contributed by atoms with Gasteiger partial charge in [0.2, 0.25) is 0 Å². The van der Waals surface area contributed by atoms with Gasteiger partial charge in [-0.2, -0.15) is 0 Å². The predicted molar refractivity (Wildman–Crippen MR) is 70.9 cm³/mol. The molecule has 17 heavy (non-hydrogen) atoms. The zero-order chi connectivity index (χ0) is 12.9. The van der Waals surface area contributed by atoms with Gasteiger partial charge in [-0.3, -0.25) is 4.90 Å². The molecule has 1 aliphatic rings. The Bertz CT molecular complexity index is 208. The zero-order valence-electron chi connectivity index (χ0n) is 11.7. The fraction of sp³-hybridized carbons (Fsp3) is 1.00. The molecular formula is C14H29NO2. The molecule has 0 unspecified atom stereocenters. The summed E-state index contributed by atoms with van der Waals surface area (Å²) in [6.07, 6.45) is 5.21. The molecule has 0 heterocycles. The molecule has 0 bridgehead atoms. The van der Waals surface area contributed by atoms with Crippen molar-refractivity contribution >= 4 is 0 Å². The largest absolute Gasteiger partial charge is 0.396 e. The summed E-state index contributed by atoms with van der Waals surface area (Å²) in [6.45, 7) is 8.43. The molecule has 1 rings (SSSR count). The van der Waals surface area contributed by atoms with Crippen LogP contribution in [0.3, 0.4) is 0 Å². The maximum absolute atomic E-state index is 9.42. The smallest absolute Gasteiger partial charge is 0.0519 e. The van der Waals surface area contributed by atoms with Crippen molar-refractivity contribution in [1.29, 1.82) is 0 Å². The van der Waals surface area contributed by atoms with Crippen LogP contribution in [-0.4, -0.2) is 47.5 Å². The molecule has 0 amide bonds. The van der Waals surface area contributed by atoms with Gasteiger partial charge in [-0.1, -0.05) is 33.6 Å². The van der Waals surface area contributed by atoms with E-state index in [0.29, 0.717) is 12.0 Å². The van der Waals surface area contributed by atoms with Crippen molar-refractivity contribution in [2.24, 2.45) is 11.3 Å². The average Bonchev–Trinajstić information content (AvgIpc) is 2.81. The molecule has 1 saturated carbocycles. The Morgan fingerprint density at radius 2 is 1.71 bits per heavy atom. The molecule has 1 aliphatic carbocycles. The van der Waals surface area contributed by atoms with E-state index in [-0.39, 0.29) is 18.6 Å². The lowest BCUT2D eigenvalue weighted by molar-refractivity contribution is 0.0183. The lowest BCUT2D eigenvalue weighted by atomic mass is 9.91. The van der Waals surface area contributed by atoms with E-state index in [1.165, 1.54) is 25.7 Å². The molecule has 0 radical (unpaired) electrons. The Kier molecular flexibility index (Phi) is 5.90. The maximum atomic E-state index is 9.42. The minimum atomic E-state index is -0.364. The Morgan fingerprint density at radius 1 is 1.18 bits per heavy atom. The van der Waals surface area contributed by atoms with Gasteiger partial charge in [0.25, 0.3) is 0 Å². The number of hydrogen-bond donors (Lipinski definition) is 2. The van der Waals surface area contributed by atoms with Crippen molar-refractivity contribution < 1.29 is 10.2 Å². The molecule has 0 saturated heterocycles. The van der Waals surface area contributed by atoms with Gasteiger partial charge in [0, 0.05) is 24.5 Å². The minimum Gasteiger partial charge on any atom is -0.396 e. The van der Waals surface area contributed by atoms with Crippen molar-refractivity contribution in [3.05, 3.63) is 0 Å². The van der Waals surface area contributed by atoms with Gasteiger partial charge in [-0.05, 0) is 18.8 Å². The molecule has 0 aromatic carbocycles. The second-order valence-corrected chi connectivity index (χ2v) is 6.39. The molecule has 3 heteroatoms. The average molecular weight is 243 g/mol. The van der Waals surface area contributed by atoms with Crippen molar-refractivity contribution in [1.82, 2.24) is 4.90 Å². The Balaban J connectivity index is 2.61. The SMILES string of the molecule is CC(C)CN(CC(C)(CO)CO)C1CCCC1. The molecule has 1 fully saturated rings.